The van der Waals surface area contributed by atoms with Crippen LogP contribution >= 0.6 is 11.8 Å². The number of aromatic carboxylic acids is 1. The van der Waals surface area contributed by atoms with Gasteiger partial charge in [0, 0.05) is 11.9 Å². The van der Waals surface area contributed by atoms with Crippen molar-refractivity contribution in [3.05, 3.63) is 35.2 Å². The second kappa shape index (κ2) is 5.40. The van der Waals surface area contributed by atoms with Gasteiger partial charge in [-0.2, -0.15) is 13.2 Å². The molecule has 1 aromatic heterocycles. The van der Waals surface area contributed by atoms with Gasteiger partial charge in [0.25, 0.3) is 0 Å². The van der Waals surface area contributed by atoms with E-state index in [1.165, 1.54) is 0 Å². The van der Waals surface area contributed by atoms with Crippen molar-refractivity contribution in [1.82, 2.24) is 14.8 Å². The fourth-order valence-electron chi connectivity index (χ4n) is 1.54. The van der Waals surface area contributed by atoms with Gasteiger partial charge in [0.2, 0.25) is 0 Å². The van der Waals surface area contributed by atoms with Gasteiger partial charge < -0.3 is 9.67 Å². The molecular formula is C12H10F3N3O2S. The highest BCUT2D eigenvalue weighted by atomic mass is 32.2. The number of alkyl halides is 3. The molecule has 2 rings (SSSR count). The average Bonchev–Trinajstić information content (AvgIpc) is 2.69. The number of hydrogen-bond acceptors (Lipinski definition) is 4. The van der Waals surface area contributed by atoms with E-state index in [4.69, 9.17) is 5.11 Å². The summed E-state index contributed by atoms with van der Waals surface area (Å²) >= 11 is 0.951. The highest BCUT2D eigenvalue weighted by Crippen LogP contribution is 2.35. The molecule has 9 heteroatoms. The number of aryl methyl sites for hydroxylation is 1. The van der Waals surface area contributed by atoms with Gasteiger partial charge in [-0.05, 0) is 36.9 Å². The van der Waals surface area contributed by atoms with Crippen molar-refractivity contribution in [2.45, 2.75) is 23.2 Å². The number of carbonyl (C=O) groups is 1. The summed E-state index contributed by atoms with van der Waals surface area (Å²) in [6.45, 7) is 1.71. The molecule has 0 amide bonds. The van der Waals surface area contributed by atoms with E-state index in [-0.39, 0.29) is 4.90 Å². The Kier molecular flexibility index (Phi) is 3.95. The van der Waals surface area contributed by atoms with E-state index in [9.17, 15) is 18.0 Å². The number of nitrogens with zero attached hydrogens (tertiary/aromatic N) is 3. The predicted octanol–water partition coefficient (Wildman–Crippen LogP) is 2.99. The molecule has 0 aliphatic carbocycles. The Balaban J connectivity index is 2.44. The van der Waals surface area contributed by atoms with Gasteiger partial charge in [0.1, 0.15) is 5.82 Å². The van der Waals surface area contributed by atoms with Gasteiger partial charge in [0.05, 0.1) is 11.1 Å². The molecule has 1 N–H and O–H groups in total. The summed E-state index contributed by atoms with van der Waals surface area (Å²) in [5.41, 5.74) is -1.42. The molecule has 0 bridgehead atoms. The second-order valence-electron chi connectivity index (χ2n) is 4.20. The van der Waals surface area contributed by atoms with E-state index < -0.39 is 23.3 Å². The van der Waals surface area contributed by atoms with Crippen LogP contribution in [-0.4, -0.2) is 25.8 Å². The van der Waals surface area contributed by atoms with Crippen LogP contribution in [0, 0.1) is 6.92 Å². The molecule has 0 fully saturated rings. The van der Waals surface area contributed by atoms with Crippen molar-refractivity contribution in [2.24, 2.45) is 7.05 Å². The lowest BCUT2D eigenvalue weighted by molar-refractivity contribution is -0.137. The number of rotatable bonds is 3. The zero-order valence-corrected chi connectivity index (χ0v) is 11.8. The zero-order chi connectivity index (χ0) is 15.8. The average molecular weight is 317 g/mol. The third-order valence-corrected chi connectivity index (χ3v) is 3.91. The minimum atomic E-state index is -4.59. The minimum Gasteiger partial charge on any atom is -0.478 e. The van der Waals surface area contributed by atoms with Crippen LogP contribution in [0.1, 0.15) is 21.7 Å². The van der Waals surface area contributed by atoms with Crippen molar-refractivity contribution >= 4 is 17.7 Å². The predicted molar refractivity (Wildman–Crippen MR) is 68.3 cm³/mol. The molecule has 0 unspecified atom stereocenters. The Hall–Kier alpha value is -2.03. The number of benzene rings is 1. The van der Waals surface area contributed by atoms with Crippen molar-refractivity contribution in [3.63, 3.8) is 0 Å². The maximum absolute atomic E-state index is 12.6. The van der Waals surface area contributed by atoms with Crippen LogP contribution in [0.3, 0.4) is 0 Å². The molecule has 21 heavy (non-hydrogen) atoms. The van der Waals surface area contributed by atoms with Crippen LogP contribution in [0.2, 0.25) is 0 Å². The quantitative estimate of drug-likeness (QED) is 0.942. The molecule has 112 valence electrons. The maximum atomic E-state index is 12.6. The number of halogens is 3. The number of carboxylic acid groups (broad SMARTS) is 1. The molecule has 0 aliphatic heterocycles. The monoisotopic (exact) mass is 317 g/mol. The lowest BCUT2D eigenvalue weighted by atomic mass is 10.1. The minimum absolute atomic E-state index is 0.172. The maximum Gasteiger partial charge on any atom is 0.416 e. The Bertz CT molecular complexity index is 698. The first-order chi connectivity index (χ1) is 9.70. The first-order valence-corrected chi connectivity index (χ1v) is 6.50. The van der Waals surface area contributed by atoms with Gasteiger partial charge in [0.15, 0.2) is 5.16 Å². The van der Waals surface area contributed by atoms with Crippen LogP contribution in [-0.2, 0) is 13.2 Å². The first-order valence-electron chi connectivity index (χ1n) is 5.68. The van der Waals surface area contributed by atoms with E-state index in [2.05, 4.69) is 10.2 Å². The van der Waals surface area contributed by atoms with Crippen LogP contribution in [0.5, 0.6) is 0 Å². The summed E-state index contributed by atoms with van der Waals surface area (Å²) in [5, 5.41) is 17.1. The van der Waals surface area contributed by atoms with Gasteiger partial charge in [-0.25, -0.2) is 4.79 Å². The Morgan fingerprint density at radius 1 is 1.33 bits per heavy atom. The summed E-state index contributed by atoms with van der Waals surface area (Å²) in [5.74, 6) is -0.816. The highest BCUT2D eigenvalue weighted by molar-refractivity contribution is 7.99. The van der Waals surface area contributed by atoms with Crippen molar-refractivity contribution < 1.29 is 23.1 Å². The Labute approximate surface area is 121 Å². The molecule has 0 saturated carbocycles. The fourth-order valence-corrected chi connectivity index (χ4v) is 2.48. The molecule has 0 aliphatic rings. The van der Waals surface area contributed by atoms with Gasteiger partial charge >= 0.3 is 12.1 Å². The molecule has 2 aromatic rings. The largest absolute Gasteiger partial charge is 0.478 e. The van der Waals surface area contributed by atoms with Crippen LogP contribution in [0.4, 0.5) is 13.2 Å². The molecular weight excluding hydrogens is 307 g/mol. The second-order valence-corrected chi connectivity index (χ2v) is 5.21. The van der Waals surface area contributed by atoms with Gasteiger partial charge in [-0.1, -0.05) is 0 Å². The molecule has 0 spiro atoms. The van der Waals surface area contributed by atoms with Crippen LogP contribution in [0.15, 0.2) is 28.3 Å². The number of carboxylic acids is 1. The summed E-state index contributed by atoms with van der Waals surface area (Å²) in [7, 11) is 1.68. The lowest BCUT2D eigenvalue weighted by Gasteiger charge is -2.10. The molecule has 1 aromatic carbocycles. The summed E-state index contributed by atoms with van der Waals surface area (Å²) < 4.78 is 39.5. The molecule has 0 atom stereocenters. The summed E-state index contributed by atoms with van der Waals surface area (Å²) in [4.78, 5) is 11.3. The summed E-state index contributed by atoms with van der Waals surface area (Å²) in [6.07, 6.45) is -4.59. The normalized spacial score (nSPS) is 11.7. The van der Waals surface area contributed by atoms with Crippen LogP contribution in [0.25, 0.3) is 0 Å². The molecule has 0 saturated heterocycles. The topological polar surface area (TPSA) is 68.0 Å². The molecule has 0 radical (unpaired) electrons. The lowest BCUT2D eigenvalue weighted by Crippen LogP contribution is -2.08. The SMILES string of the molecule is Cc1nnc(Sc2ccc(C(F)(F)F)cc2C(=O)O)n1C. The van der Waals surface area contributed by atoms with Gasteiger partial charge in [-0.15, -0.1) is 10.2 Å². The molecule has 5 nitrogen and oxygen atoms in total. The van der Waals surface area contributed by atoms with Crippen molar-refractivity contribution in [3.8, 4) is 0 Å². The summed E-state index contributed by atoms with van der Waals surface area (Å²) in [6, 6.07) is 2.59. The third-order valence-electron chi connectivity index (χ3n) is 2.79. The molecule has 1 heterocycles. The Morgan fingerprint density at radius 2 is 2.00 bits per heavy atom. The van der Waals surface area contributed by atoms with E-state index in [0.717, 1.165) is 23.9 Å². The van der Waals surface area contributed by atoms with Crippen LogP contribution < -0.4 is 0 Å². The van der Waals surface area contributed by atoms with E-state index in [1.807, 2.05) is 0 Å². The third kappa shape index (κ3) is 3.18. The number of aromatic nitrogens is 3. The zero-order valence-electron chi connectivity index (χ0n) is 11.0. The smallest absolute Gasteiger partial charge is 0.416 e. The van der Waals surface area contributed by atoms with Gasteiger partial charge in [-0.3, -0.25) is 0 Å². The van der Waals surface area contributed by atoms with E-state index in [1.54, 1.807) is 18.5 Å². The van der Waals surface area contributed by atoms with Crippen molar-refractivity contribution in [1.29, 1.82) is 0 Å². The fraction of sp³-hybridized carbons (Fsp3) is 0.250. The van der Waals surface area contributed by atoms with E-state index in [0.29, 0.717) is 17.0 Å². The first kappa shape index (κ1) is 15.4. The Morgan fingerprint density at radius 3 is 2.48 bits per heavy atom. The van der Waals surface area contributed by atoms with Crippen molar-refractivity contribution in [2.75, 3.05) is 0 Å². The number of hydrogen-bond donors (Lipinski definition) is 1. The highest BCUT2D eigenvalue weighted by Gasteiger charge is 2.32. The standard InChI is InChI=1S/C12H10F3N3O2S/c1-6-16-17-11(18(6)2)21-9-4-3-7(12(13,14)15)5-8(9)10(19)20/h3-5H,1-2H3,(H,19,20). The van der Waals surface area contributed by atoms with E-state index >= 15 is 0 Å².